The van der Waals surface area contributed by atoms with Crippen LogP contribution in [0.2, 0.25) is 0 Å². The Morgan fingerprint density at radius 3 is 2.94 bits per heavy atom. The minimum atomic E-state index is -0.139. The van der Waals surface area contributed by atoms with Crippen molar-refractivity contribution >= 4 is 5.97 Å². The lowest BCUT2D eigenvalue weighted by atomic mass is 10.0. The Bertz CT molecular complexity index is 499. The van der Waals surface area contributed by atoms with E-state index in [0.717, 1.165) is 18.6 Å². The first-order chi connectivity index (χ1) is 7.66. The van der Waals surface area contributed by atoms with Crippen LogP contribution in [0.5, 0.6) is 0 Å². The first kappa shape index (κ1) is 9.64. The molecule has 0 saturated heterocycles. The number of carbonyl (C=O) groups is 1. The molecule has 0 aromatic heterocycles. The van der Waals surface area contributed by atoms with Gasteiger partial charge in [-0.3, -0.25) is 4.79 Å². The zero-order valence-corrected chi connectivity index (χ0v) is 9.54. The summed E-state index contributed by atoms with van der Waals surface area (Å²) in [6.45, 7) is 3.71. The summed E-state index contributed by atoms with van der Waals surface area (Å²) in [5, 5.41) is 0. The van der Waals surface area contributed by atoms with Crippen molar-refractivity contribution in [1.82, 2.24) is 0 Å². The molecule has 0 unspecified atom stereocenters. The number of carbonyl (C=O) groups excluding carboxylic acids is 1. The Kier molecular flexibility index (Phi) is 1.93. The maximum absolute atomic E-state index is 11.5. The number of allylic oxidation sites excluding steroid dienone is 7. The van der Waals surface area contributed by atoms with Gasteiger partial charge in [-0.15, -0.1) is 0 Å². The summed E-state index contributed by atoms with van der Waals surface area (Å²) in [6.07, 6.45) is 8.31. The van der Waals surface area contributed by atoms with Gasteiger partial charge in [-0.2, -0.15) is 0 Å². The zero-order valence-electron chi connectivity index (χ0n) is 9.54. The second kappa shape index (κ2) is 3.21. The van der Waals surface area contributed by atoms with Gasteiger partial charge in [0.25, 0.3) is 0 Å². The smallest absolute Gasteiger partial charge is 0.313 e. The molecule has 3 aliphatic rings. The van der Waals surface area contributed by atoms with E-state index in [4.69, 9.17) is 4.74 Å². The highest BCUT2D eigenvalue weighted by Crippen LogP contribution is 2.48. The van der Waals surface area contributed by atoms with Crippen LogP contribution in [0.3, 0.4) is 0 Å². The van der Waals surface area contributed by atoms with Gasteiger partial charge in [-0.05, 0) is 29.2 Å². The maximum atomic E-state index is 11.5. The van der Waals surface area contributed by atoms with Crippen molar-refractivity contribution in [3.05, 3.63) is 46.3 Å². The first-order valence-corrected chi connectivity index (χ1v) is 5.72. The predicted molar refractivity (Wildman–Crippen MR) is 61.4 cm³/mol. The van der Waals surface area contributed by atoms with Crippen LogP contribution in [0.1, 0.15) is 26.7 Å². The molecule has 0 fully saturated rings. The van der Waals surface area contributed by atoms with Crippen LogP contribution in [0, 0.1) is 5.92 Å². The van der Waals surface area contributed by atoms with Gasteiger partial charge in [0.1, 0.15) is 5.76 Å². The number of hydrogen-bond acceptors (Lipinski definition) is 2. The summed E-state index contributed by atoms with van der Waals surface area (Å²) < 4.78 is 5.42. The molecule has 82 valence electrons. The zero-order chi connectivity index (χ0) is 11.3. The van der Waals surface area contributed by atoms with E-state index in [9.17, 15) is 4.79 Å². The van der Waals surface area contributed by atoms with Crippen molar-refractivity contribution < 1.29 is 9.53 Å². The highest BCUT2D eigenvalue weighted by atomic mass is 16.5. The molecule has 0 radical (unpaired) electrons. The number of esters is 1. The molecule has 2 heteroatoms. The van der Waals surface area contributed by atoms with Crippen LogP contribution < -0.4 is 0 Å². The van der Waals surface area contributed by atoms with Crippen molar-refractivity contribution in [3.63, 3.8) is 0 Å². The monoisotopic (exact) mass is 214 g/mol. The fourth-order valence-corrected chi connectivity index (χ4v) is 2.41. The Morgan fingerprint density at radius 2 is 2.19 bits per heavy atom. The molecule has 0 aromatic rings. The number of ether oxygens (including phenoxy) is 1. The lowest BCUT2D eigenvalue weighted by Crippen LogP contribution is -2.11. The highest BCUT2D eigenvalue weighted by molar-refractivity contribution is 5.76. The van der Waals surface area contributed by atoms with Gasteiger partial charge in [0, 0.05) is 12.0 Å². The molecule has 0 aliphatic heterocycles. The molecule has 0 heterocycles. The standard InChI is InChI=1S/C14H14O2/c1-8(2)14(15)16-13-7-9-6-12(13)11-5-3-4-10(9)11/h3-4,7-8H,5-6H2,1-2H3. The molecular formula is C14H14O2. The van der Waals surface area contributed by atoms with Gasteiger partial charge in [0.2, 0.25) is 0 Å². The number of fused-ring (bicyclic) bond motifs is 4. The summed E-state index contributed by atoms with van der Waals surface area (Å²) >= 11 is 0. The normalized spacial score (nSPS) is 21.1. The average molecular weight is 214 g/mol. The van der Waals surface area contributed by atoms with Gasteiger partial charge in [-0.25, -0.2) is 0 Å². The Hall–Kier alpha value is -1.57. The van der Waals surface area contributed by atoms with E-state index in [-0.39, 0.29) is 11.9 Å². The van der Waals surface area contributed by atoms with Gasteiger partial charge < -0.3 is 4.74 Å². The van der Waals surface area contributed by atoms with E-state index in [2.05, 4.69) is 12.2 Å². The molecular weight excluding hydrogens is 200 g/mol. The molecule has 0 atom stereocenters. The Labute approximate surface area is 95.0 Å². The topological polar surface area (TPSA) is 26.3 Å². The largest absolute Gasteiger partial charge is 0.426 e. The van der Waals surface area contributed by atoms with Crippen molar-refractivity contribution in [1.29, 1.82) is 0 Å². The Morgan fingerprint density at radius 1 is 1.38 bits per heavy atom. The minimum absolute atomic E-state index is 0.0687. The molecule has 2 nitrogen and oxygen atoms in total. The fraction of sp³-hybridized carbons (Fsp3) is 0.357. The van der Waals surface area contributed by atoms with Gasteiger partial charge in [0.05, 0.1) is 5.92 Å². The van der Waals surface area contributed by atoms with Crippen LogP contribution in [0.15, 0.2) is 46.3 Å². The number of hydrogen-bond donors (Lipinski definition) is 0. The minimum Gasteiger partial charge on any atom is -0.426 e. The second-order valence-electron chi connectivity index (χ2n) is 4.76. The Balaban J connectivity index is 1.89. The van der Waals surface area contributed by atoms with Gasteiger partial charge in [-0.1, -0.05) is 26.0 Å². The van der Waals surface area contributed by atoms with E-state index in [0.29, 0.717) is 0 Å². The molecule has 0 N–H and O–H groups in total. The summed E-state index contributed by atoms with van der Waals surface area (Å²) in [7, 11) is 0. The molecule has 0 amide bonds. The van der Waals surface area contributed by atoms with Crippen LogP contribution in [-0.4, -0.2) is 5.97 Å². The SMILES string of the molecule is CC(C)C(=O)OC1=C2CC(=C1)C1=C2CC=C1. The van der Waals surface area contributed by atoms with Crippen molar-refractivity contribution in [3.8, 4) is 0 Å². The summed E-state index contributed by atoms with van der Waals surface area (Å²) in [5.74, 6) is 0.580. The van der Waals surface area contributed by atoms with E-state index in [1.54, 1.807) is 0 Å². The van der Waals surface area contributed by atoms with Crippen molar-refractivity contribution in [2.45, 2.75) is 26.7 Å². The maximum Gasteiger partial charge on any atom is 0.313 e. The third-order valence-electron chi connectivity index (χ3n) is 3.29. The van der Waals surface area contributed by atoms with Crippen LogP contribution in [-0.2, 0) is 9.53 Å². The summed E-state index contributed by atoms with van der Waals surface area (Å²) in [5.41, 5.74) is 5.26. The predicted octanol–water partition coefficient (Wildman–Crippen LogP) is 3.04. The van der Waals surface area contributed by atoms with Crippen LogP contribution >= 0.6 is 0 Å². The lowest BCUT2D eigenvalue weighted by molar-refractivity contribution is -0.142. The lowest BCUT2D eigenvalue weighted by Gasteiger charge is -2.11. The summed E-state index contributed by atoms with van der Waals surface area (Å²) in [6, 6.07) is 0. The fourth-order valence-electron chi connectivity index (χ4n) is 2.41. The van der Waals surface area contributed by atoms with Crippen LogP contribution in [0.4, 0.5) is 0 Å². The molecule has 0 spiro atoms. The molecule has 0 saturated carbocycles. The number of rotatable bonds is 2. The van der Waals surface area contributed by atoms with Gasteiger partial charge >= 0.3 is 5.97 Å². The third kappa shape index (κ3) is 1.22. The molecule has 2 bridgehead atoms. The quantitative estimate of drug-likeness (QED) is 0.660. The van der Waals surface area contributed by atoms with Crippen molar-refractivity contribution in [2.24, 2.45) is 5.92 Å². The van der Waals surface area contributed by atoms with E-state index >= 15 is 0 Å². The second-order valence-corrected chi connectivity index (χ2v) is 4.76. The van der Waals surface area contributed by atoms with Gasteiger partial charge in [0.15, 0.2) is 0 Å². The van der Waals surface area contributed by atoms with Crippen molar-refractivity contribution in [2.75, 3.05) is 0 Å². The van der Waals surface area contributed by atoms with E-state index in [1.807, 2.05) is 19.9 Å². The van der Waals surface area contributed by atoms with E-state index in [1.165, 1.54) is 22.3 Å². The molecule has 3 rings (SSSR count). The summed E-state index contributed by atoms with van der Waals surface area (Å²) in [4.78, 5) is 11.5. The highest BCUT2D eigenvalue weighted by Gasteiger charge is 2.33. The van der Waals surface area contributed by atoms with Crippen LogP contribution in [0.25, 0.3) is 0 Å². The molecule has 3 aliphatic carbocycles. The molecule has 16 heavy (non-hydrogen) atoms. The molecule has 0 aromatic carbocycles. The first-order valence-electron chi connectivity index (χ1n) is 5.72. The third-order valence-corrected chi connectivity index (χ3v) is 3.29. The van der Waals surface area contributed by atoms with E-state index < -0.39 is 0 Å². The average Bonchev–Trinajstić information content (AvgIpc) is 2.87.